The maximum Gasteiger partial charge on any atom is 0.0848 e. The zero-order valence-corrected chi connectivity index (χ0v) is 10.4. The van der Waals surface area contributed by atoms with E-state index in [1.807, 2.05) is 13.3 Å². The molecule has 13 heavy (non-hydrogen) atoms. The Hall–Kier alpha value is 0.460. The summed E-state index contributed by atoms with van der Waals surface area (Å²) >= 11 is 0. The van der Waals surface area contributed by atoms with E-state index < -0.39 is 14.3 Å². The fourth-order valence-electron chi connectivity index (χ4n) is 1.86. The Morgan fingerprint density at radius 2 is 1.00 bits per heavy atom. The zero-order valence-electron chi connectivity index (χ0n) is 8.66. The van der Waals surface area contributed by atoms with Crippen LogP contribution in [0.2, 0.25) is 0 Å². The molecule has 0 aromatic heterocycles. The molecule has 0 aliphatic carbocycles. The number of hydrogen-bond acceptors (Lipinski definition) is 2. The van der Waals surface area contributed by atoms with Gasteiger partial charge in [-0.05, 0) is 32.6 Å². The van der Waals surface area contributed by atoms with Gasteiger partial charge in [0.2, 0.25) is 0 Å². The van der Waals surface area contributed by atoms with E-state index in [2.05, 4.69) is 0 Å². The van der Waals surface area contributed by atoms with E-state index in [1.165, 1.54) is 0 Å². The molecule has 0 saturated carbocycles. The molecule has 0 aromatic rings. The van der Waals surface area contributed by atoms with Crippen LogP contribution < -0.4 is 0 Å². The lowest BCUT2D eigenvalue weighted by Crippen LogP contribution is -1.95. The highest BCUT2D eigenvalue weighted by Crippen LogP contribution is 2.49. The summed E-state index contributed by atoms with van der Waals surface area (Å²) < 4.78 is 23.8. The minimum Gasteiger partial charge on any atom is -0.324 e. The van der Waals surface area contributed by atoms with E-state index in [4.69, 9.17) is 0 Å². The molecule has 1 heterocycles. The van der Waals surface area contributed by atoms with E-state index in [-0.39, 0.29) is 0 Å². The van der Waals surface area contributed by atoms with Crippen molar-refractivity contribution < 1.29 is 9.13 Å². The van der Waals surface area contributed by atoms with Crippen LogP contribution in [0.25, 0.3) is 0 Å². The van der Waals surface area contributed by atoms with Gasteiger partial charge in [-0.25, -0.2) is 0 Å². The maximum absolute atomic E-state index is 11.9. The number of hydrogen-bond donors (Lipinski definition) is 0. The SMILES string of the molecule is C[P@@]1(=O)CCCC[P@@](C)(=O)CCC1. The van der Waals surface area contributed by atoms with Gasteiger partial charge < -0.3 is 9.13 Å². The van der Waals surface area contributed by atoms with Crippen LogP contribution in [-0.2, 0) is 9.13 Å². The van der Waals surface area contributed by atoms with Gasteiger partial charge in [-0.3, -0.25) is 0 Å². The quantitative estimate of drug-likeness (QED) is 0.590. The molecular formula is C9H20O2P2. The minimum absolute atomic E-state index is 0.810. The Morgan fingerprint density at radius 3 is 1.38 bits per heavy atom. The van der Waals surface area contributed by atoms with E-state index in [0.29, 0.717) is 0 Å². The second-order valence-corrected chi connectivity index (χ2v) is 11.5. The summed E-state index contributed by atoms with van der Waals surface area (Å²) in [5.41, 5.74) is 0. The summed E-state index contributed by atoms with van der Waals surface area (Å²) in [6.45, 7) is 3.80. The lowest BCUT2D eigenvalue weighted by molar-refractivity contribution is 0.575. The van der Waals surface area contributed by atoms with Crippen LogP contribution in [0, 0.1) is 0 Å². The first-order valence-corrected chi connectivity index (χ1v) is 10.1. The first-order chi connectivity index (χ1) is 5.91. The molecule has 78 valence electrons. The molecule has 0 radical (unpaired) electrons. The predicted molar refractivity (Wildman–Crippen MR) is 60.4 cm³/mol. The van der Waals surface area contributed by atoms with E-state index >= 15 is 0 Å². The highest BCUT2D eigenvalue weighted by atomic mass is 31.2. The third-order valence-corrected chi connectivity index (χ3v) is 7.82. The van der Waals surface area contributed by atoms with E-state index in [0.717, 1.165) is 43.9 Å². The maximum atomic E-state index is 11.9. The normalized spacial score (nSPS) is 43.2. The molecule has 0 aromatic carbocycles. The monoisotopic (exact) mass is 222 g/mol. The van der Waals surface area contributed by atoms with Crippen molar-refractivity contribution in [3.05, 3.63) is 0 Å². The fourth-order valence-corrected chi connectivity index (χ4v) is 5.99. The fraction of sp³-hybridized carbons (Fsp3) is 1.00. The van der Waals surface area contributed by atoms with Crippen molar-refractivity contribution in [1.29, 1.82) is 0 Å². The summed E-state index contributed by atoms with van der Waals surface area (Å²) in [5, 5.41) is 0. The topological polar surface area (TPSA) is 34.1 Å². The van der Waals surface area contributed by atoms with Crippen molar-refractivity contribution in [2.45, 2.75) is 19.3 Å². The minimum atomic E-state index is -1.86. The van der Waals surface area contributed by atoms with Crippen molar-refractivity contribution >= 4 is 14.3 Å². The Morgan fingerprint density at radius 1 is 0.692 bits per heavy atom. The van der Waals surface area contributed by atoms with Gasteiger partial charge in [-0.2, -0.15) is 0 Å². The van der Waals surface area contributed by atoms with Crippen LogP contribution in [0.4, 0.5) is 0 Å². The van der Waals surface area contributed by atoms with Gasteiger partial charge in [0.1, 0.15) is 0 Å². The Kier molecular flexibility index (Phi) is 3.83. The van der Waals surface area contributed by atoms with Crippen molar-refractivity contribution in [3.63, 3.8) is 0 Å². The molecule has 4 heteroatoms. The number of rotatable bonds is 0. The van der Waals surface area contributed by atoms with Crippen LogP contribution in [0.3, 0.4) is 0 Å². The highest BCUT2D eigenvalue weighted by molar-refractivity contribution is 7.64. The van der Waals surface area contributed by atoms with Crippen LogP contribution in [-0.4, -0.2) is 38.0 Å². The lowest BCUT2D eigenvalue weighted by atomic mass is 10.4. The third kappa shape index (κ3) is 4.47. The molecule has 2 nitrogen and oxygen atoms in total. The molecule has 1 aliphatic rings. The van der Waals surface area contributed by atoms with Gasteiger partial charge in [0.15, 0.2) is 0 Å². The van der Waals surface area contributed by atoms with E-state index in [1.54, 1.807) is 0 Å². The van der Waals surface area contributed by atoms with Gasteiger partial charge in [0.05, 0.1) is 14.3 Å². The summed E-state index contributed by atoms with van der Waals surface area (Å²) in [5.74, 6) is 0. The first kappa shape index (κ1) is 11.5. The van der Waals surface area contributed by atoms with Crippen LogP contribution >= 0.6 is 14.3 Å². The molecule has 2 atom stereocenters. The van der Waals surface area contributed by atoms with Crippen molar-refractivity contribution in [2.75, 3.05) is 38.0 Å². The van der Waals surface area contributed by atoms with E-state index in [9.17, 15) is 9.13 Å². The molecule has 1 aliphatic heterocycles. The third-order valence-electron chi connectivity index (χ3n) is 2.77. The molecule has 0 spiro atoms. The van der Waals surface area contributed by atoms with Gasteiger partial charge in [0, 0.05) is 24.6 Å². The van der Waals surface area contributed by atoms with Crippen molar-refractivity contribution in [1.82, 2.24) is 0 Å². The summed E-state index contributed by atoms with van der Waals surface area (Å²) in [4.78, 5) is 0. The molecule has 0 unspecified atom stereocenters. The second-order valence-electron chi connectivity index (χ2n) is 4.55. The average Bonchev–Trinajstić information content (AvgIpc) is 2.01. The van der Waals surface area contributed by atoms with Crippen LogP contribution in [0.5, 0.6) is 0 Å². The molecule has 0 N–H and O–H groups in total. The second kappa shape index (κ2) is 4.32. The molecular weight excluding hydrogens is 202 g/mol. The van der Waals surface area contributed by atoms with Crippen molar-refractivity contribution in [2.24, 2.45) is 0 Å². The molecule has 0 amide bonds. The van der Waals surface area contributed by atoms with Gasteiger partial charge in [0.25, 0.3) is 0 Å². The largest absolute Gasteiger partial charge is 0.324 e. The summed E-state index contributed by atoms with van der Waals surface area (Å²) in [6.07, 6.45) is 6.27. The molecule has 0 bridgehead atoms. The summed E-state index contributed by atoms with van der Waals surface area (Å²) in [7, 11) is -3.73. The van der Waals surface area contributed by atoms with Gasteiger partial charge in [-0.1, -0.05) is 0 Å². The average molecular weight is 222 g/mol. The highest BCUT2D eigenvalue weighted by Gasteiger charge is 2.21. The Balaban J connectivity index is 2.58. The molecule has 1 saturated heterocycles. The van der Waals surface area contributed by atoms with Crippen LogP contribution in [0.1, 0.15) is 19.3 Å². The predicted octanol–water partition coefficient (Wildman–Crippen LogP) is 3.16. The first-order valence-electron chi connectivity index (χ1n) is 5.02. The van der Waals surface area contributed by atoms with Crippen LogP contribution in [0.15, 0.2) is 0 Å². The van der Waals surface area contributed by atoms with Gasteiger partial charge in [-0.15, -0.1) is 0 Å². The van der Waals surface area contributed by atoms with Crippen molar-refractivity contribution in [3.8, 4) is 0 Å². The Bertz CT molecular complexity index is 234. The lowest BCUT2D eigenvalue weighted by Gasteiger charge is -2.11. The van der Waals surface area contributed by atoms with Gasteiger partial charge >= 0.3 is 0 Å². The summed E-state index contributed by atoms with van der Waals surface area (Å²) in [6, 6.07) is 0. The molecule has 1 rings (SSSR count). The Labute approximate surface area is 81.2 Å². The zero-order chi connectivity index (χ0) is 9.95. The standard InChI is InChI=1S/C9H20O2P2/c1-12(10)6-3-4-7-13(2,11)9-5-8-12/h3-9H2,1-2H3/t12-,13-/m1/s1. The molecule has 1 fully saturated rings. The smallest absolute Gasteiger partial charge is 0.0848 e.